The number of rotatable bonds is 4. The van der Waals surface area contributed by atoms with Crippen LogP contribution in [0.15, 0.2) is 24.3 Å². The third-order valence-electron chi connectivity index (χ3n) is 2.18. The van der Waals surface area contributed by atoms with Crippen molar-refractivity contribution in [1.82, 2.24) is 5.32 Å². The van der Waals surface area contributed by atoms with E-state index in [-0.39, 0.29) is 12.1 Å². The Morgan fingerprint density at radius 2 is 2.25 bits per heavy atom. The van der Waals surface area contributed by atoms with Crippen molar-refractivity contribution in [1.29, 1.82) is 0 Å². The molecule has 0 radical (unpaired) electrons. The van der Waals surface area contributed by atoms with E-state index in [1.165, 1.54) is 0 Å². The first-order valence-corrected chi connectivity index (χ1v) is 5.82. The second-order valence-electron chi connectivity index (χ2n) is 3.80. The molecule has 1 aromatic carbocycles. The molecule has 4 heteroatoms. The van der Waals surface area contributed by atoms with Crippen molar-refractivity contribution < 1.29 is 4.79 Å². The minimum atomic E-state index is -0.191. The molecule has 0 fully saturated rings. The van der Waals surface area contributed by atoms with Crippen LogP contribution in [0.1, 0.15) is 26.7 Å². The maximum absolute atomic E-state index is 11.5. The summed E-state index contributed by atoms with van der Waals surface area (Å²) >= 11 is 5.81. The molecule has 0 saturated heterocycles. The van der Waals surface area contributed by atoms with E-state index in [1.807, 2.05) is 6.92 Å². The fraction of sp³-hybridized carbons (Fsp3) is 0.417. The van der Waals surface area contributed by atoms with Crippen molar-refractivity contribution in [2.75, 3.05) is 5.32 Å². The lowest BCUT2D eigenvalue weighted by atomic mass is 10.2. The van der Waals surface area contributed by atoms with E-state index >= 15 is 0 Å². The summed E-state index contributed by atoms with van der Waals surface area (Å²) in [5.74, 6) is 0. The van der Waals surface area contributed by atoms with Gasteiger partial charge in [0.25, 0.3) is 0 Å². The Bertz CT molecular complexity index is 355. The molecule has 1 rings (SSSR count). The zero-order valence-corrected chi connectivity index (χ0v) is 10.3. The predicted molar refractivity (Wildman–Crippen MR) is 68.0 cm³/mol. The van der Waals surface area contributed by atoms with Crippen LogP contribution in [-0.2, 0) is 0 Å². The minimum Gasteiger partial charge on any atom is -0.335 e. The van der Waals surface area contributed by atoms with Crippen molar-refractivity contribution in [3.05, 3.63) is 29.3 Å². The van der Waals surface area contributed by atoms with Gasteiger partial charge in [-0.2, -0.15) is 0 Å². The molecule has 3 nitrogen and oxygen atoms in total. The molecule has 1 atom stereocenters. The van der Waals surface area contributed by atoms with Gasteiger partial charge >= 0.3 is 6.03 Å². The highest BCUT2D eigenvalue weighted by Gasteiger charge is 2.06. The largest absolute Gasteiger partial charge is 0.335 e. The Hall–Kier alpha value is -1.22. The van der Waals surface area contributed by atoms with E-state index in [2.05, 4.69) is 17.6 Å². The Morgan fingerprint density at radius 3 is 2.88 bits per heavy atom. The molecule has 2 amide bonds. The Balaban J connectivity index is 2.45. The summed E-state index contributed by atoms with van der Waals surface area (Å²) in [6.45, 7) is 4.08. The van der Waals surface area contributed by atoms with Gasteiger partial charge in [-0.25, -0.2) is 4.79 Å². The average molecular weight is 241 g/mol. The number of amides is 2. The first kappa shape index (κ1) is 12.8. The number of benzene rings is 1. The molecule has 0 aliphatic rings. The SMILES string of the molecule is CCC[C@H](C)NC(=O)Nc1cccc(Cl)c1. The summed E-state index contributed by atoms with van der Waals surface area (Å²) in [4.78, 5) is 11.5. The van der Waals surface area contributed by atoms with Crippen molar-refractivity contribution in [3.8, 4) is 0 Å². The van der Waals surface area contributed by atoms with Crippen molar-refractivity contribution >= 4 is 23.3 Å². The van der Waals surface area contributed by atoms with Gasteiger partial charge in [0, 0.05) is 16.8 Å². The van der Waals surface area contributed by atoms with Gasteiger partial charge in [-0.1, -0.05) is 31.0 Å². The molecular weight excluding hydrogens is 224 g/mol. The maximum atomic E-state index is 11.5. The number of nitrogens with one attached hydrogen (secondary N) is 2. The summed E-state index contributed by atoms with van der Waals surface area (Å²) in [5.41, 5.74) is 0.702. The maximum Gasteiger partial charge on any atom is 0.319 e. The van der Waals surface area contributed by atoms with E-state index in [0.29, 0.717) is 10.7 Å². The van der Waals surface area contributed by atoms with E-state index in [9.17, 15) is 4.79 Å². The number of hydrogen-bond acceptors (Lipinski definition) is 1. The summed E-state index contributed by atoms with van der Waals surface area (Å²) in [5, 5.41) is 6.20. The quantitative estimate of drug-likeness (QED) is 0.829. The molecule has 88 valence electrons. The summed E-state index contributed by atoms with van der Waals surface area (Å²) in [6.07, 6.45) is 2.03. The molecule has 0 saturated carbocycles. The van der Waals surface area contributed by atoms with Crippen molar-refractivity contribution in [3.63, 3.8) is 0 Å². The summed E-state index contributed by atoms with van der Waals surface area (Å²) in [7, 11) is 0. The first-order valence-electron chi connectivity index (χ1n) is 5.45. The molecule has 16 heavy (non-hydrogen) atoms. The molecule has 0 heterocycles. The van der Waals surface area contributed by atoms with Crippen LogP contribution in [0.4, 0.5) is 10.5 Å². The monoisotopic (exact) mass is 240 g/mol. The summed E-state index contributed by atoms with van der Waals surface area (Å²) < 4.78 is 0. The lowest BCUT2D eigenvalue weighted by molar-refractivity contribution is 0.248. The van der Waals surface area contributed by atoms with Gasteiger partial charge in [0.15, 0.2) is 0 Å². The van der Waals surface area contributed by atoms with Gasteiger partial charge in [0.1, 0.15) is 0 Å². The van der Waals surface area contributed by atoms with Gasteiger partial charge in [-0.15, -0.1) is 0 Å². The minimum absolute atomic E-state index is 0.184. The van der Waals surface area contributed by atoms with Gasteiger partial charge in [-0.3, -0.25) is 0 Å². The summed E-state index contributed by atoms with van der Waals surface area (Å²) in [6, 6.07) is 7.08. The van der Waals surface area contributed by atoms with E-state index in [0.717, 1.165) is 12.8 Å². The third-order valence-corrected chi connectivity index (χ3v) is 2.42. The van der Waals surface area contributed by atoms with Gasteiger partial charge in [0.2, 0.25) is 0 Å². The van der Waals surface area contributed by atoms with Crippen LogP contribution >= 0.6 is 11.6 Å². The highest BCUT2D eigenvalue weighted by atomic mass is 35.5. The van der Waals surface area contributed by atoms with Crippen LogP contribution in [-0.4, -0.2) is 12.1 Å². The van der Waals surface area contributed by atoms with E-state index < -0.39 is 0 Å². The fourth-order valence-electron chi connectivity index (χ4n) is 1.46. The molecule has 0 aliphatic carbocycles. The second kappa shape index (κ2) is 6.38. The molecule has 0 unspecified atom stereocenters. The molecule has 0 spiro atoms. The van der Waals surface area contributed by atoms with Crippen LogP contribution in [0, 0.1) is 0 Å². The normalized spacial score (nSPS) is 11.9. The molecule has 0 bridgehead atoms. The van der Waals surface area contributed by atoms with Crippen LogP contribution < -0.4 is 10.6 Å². The van der Waals surface area contributed by atoms with Crippen molar-refractivity contribution in [2.45, 2.75) is 32.7 Å². The van der Waals surface area contributed by atoms with Gasteiger partial charge in [0.05, 0.1) is 0 Å². The van der Waals surface area contributed by atoms with Crippen LogP contribution in [0.2, 0.25) is 5.02 Å². The Labute approximate surface area is 101 Å². The number of halogens is 1. The number of carbonyl (C=O) groups excluding carboxylic acids is 1. The molecule has 1 aromatic rings. The van der Waals surface area contributed by atoms with E-state index in [4.69, 9.17) is 11.6 Å². The Morgan fingerprint density at radius 1 is 1.50 bits per heavy atom. The fourth-order valence-corrected chi connectivity index (χ4v) is 1.65. The number of carbonyl (C=O) groups is 1. The third kappa shape index (κ3) is 4.53. The smallest absolute Gasteiger partial charge is 0.319 e. The second-order valence-corrected chi connectivity index (χ2v) is 4.23. The topological polar surface area (TPSA) is 41.1 Å². The average Bonchev–Trinajstić information content (AvgIpc) is 2.17. The van der Waals surface area contributed by atoms with Gasteiger partial charge in [-0.05, 0) is 31.5 Å². The van der Waals surface area contributed by atoms with Crippen molar-refractivity contribution in [2.24, 2.45) is 0 Å². The zero-order valence-electron chi connectivity index (χ0n) is 9.59. The number of urea groups is 1. The van der Waals surface area contributed by atoms with Crippen LogP contribution in [0.5, 0.6) is 0 Å². The standard InChI is InChI=1S/C12H17ClN2O/c1-3-5-9(2)14-12(16)15-11-7-4-6-10(13)8-11/h4,6-9H,3,5H2,1-2H3,(H2,14,15,16)/t9-/m0/s1. The molecular formula is C12H17ClN2O. The molecule has 0 aromatic heterocycles. The zero-order chi connectivity index (χ0) is 12.0. The highest BCUT2D eigenvalue weighted by Crippen LogP contribution is 2.14. The van der Waals surface area contributed by atoms with Crippen LogP contribution in [0.25, 0.3) is 0 Å². The number of anilines is 1. The highest BCUT2D eigenvalue weighted by molar-refractivity contribution is 6.30. The Kier molecular flexibility index (Phi) is 5.12. The predicted octanol–water partition coefficient (Wildman–Crippen LogP) is 3.65. The van der Waals surface area contributed by atoms with Gasteiger partial charge < -0.3 is 10.6 Å². The lowest BCUT2D eigenvalue weighted by Crippen LogP contribution is -2.35. The van der Waals surface area contributed by atoms with Crippen LogP contribution in [0.3, 0.4) is 0 Å². The van der Waals surface area contributed by atoms with E-state index in [1.54, 1.807) is 24.3 Å². The molecule has 2 N–H and O–H groups in total. The number of hydrogen-bond donors (Lipinski definition) is 2. The lowest BCUT2D eigenvalue weighted by Gasteiger charge is -2.13. The molecule has 0 aliphatic heterocycles. The first-order chi connectivity index (χ1) is 7.61.